The Morgan fingerprint density at radius 2 is 1.73 bits per heavy atom. The molecule has 0 radical (unpaired) electrons. The standard InChI is InChI=1S/C17H17N7O2/c1-26-13-4-2-11(3-5-13)17(25)24-23-16-14(18)15(20-10-21-16)22-12-6-8-19-9-7-12/h2-10H,18H2,1H3,(H,24,25)(H2,19,20,21,22,23). The summed E-state index contributed by atoms with van der Waals surface area (Å²) in [6, 6.07) is 10.3. The smallest absolute Gasteiger partial charge is 0.269 e. The van der Waals surface area contributed by atoms with Gasteiger partial charge in [-0.3, -0.25) is 20.6 Å². The van der Waals surface area contributed by atoms with Gasteiger partial charge in [0.15, 0.2) is 11.6 Å². The Morgan fingerprint density at radius 1 is 1.04 bits per heavy atom. The number of ether oxygens (including phenoxy) is 1. The highest BCUT2D eigenvalue weighted by molar-refractivity contribution is 5.95. The Kier molecular flexibility index (Phi) is 5.08. The minimum Gasteiger partial charge on any atom is -0.497 e. The van der Waals surface area contributed by atoms with Crippen molar-refractivity contribution in [2.45, 2.75) is 0 Å². The first-order valence-electron chi connectivity index (χ1n) is 7.65. The molecule has 0 bridgehead atoms. The van der Waals surface area contributed by atoms with E-state index in [0.717, 1.165) is 5.69 Å². The van der Waals surface area contributed by atoms with E-state index in [1.165, 1.54) is 6.33 Å². The maximum atomic E-state index is 12.2. The Morgan fingerprint density at radius 3 is 2.42 bits per heavy atom. The van der Waals surface area contributed by atoms with Crippen molar-refractivity contribution in [1.29, 1.82) is 0 Å². The zero-order chi connectivity index (χ0) is 18.4. The van der Waals surface area contributed by atoms with E-state index < -0.39 is 0 Å². The molecule has 0 unspecified atom stereocenters. The number of hydrogen-bond acceptors (Lipinski definition) is 8. The summed E-state index contributed by atoms with van der Waals surface area (Å²) in [4.78, 5) is 24.3. The molecule has 0 spiro atoms. The lowest BCUT2D eigenvalue weighted by Gasteiger charge is -2.13. The number of amides is 1. The third-order valence-electron chi connectivity index (χ3n) is 3.47. The largest absolute Gasteiger partial charge is 0.497 e. The lowest BCUT2D eigenvalue weighted by atomic mass is 10.2. The van der Waals surface area contributed by atoms with E-state index in [9.17, 15) is 4.79 Å². The maximum absolute atomic E-state index is 12.2. The molecule has 0 fully saturated rings. The Bertz CT molecular complexity index is 885. The van der Waals surface area contributed by atoms with E-state index in [1.807, 2.05) is 0 Å². The molecule has 0 aliphatic heterocycles. The van der Waals surface area contributed by atoms with Gasteiger partial charge in [-0.15, -0.1) is 0 Å². The maximum Gasteiger partial charge on any atom is 0.269 e. The molecule has 0 saturated heterocycles. The van der Waals surface area contributed by atoms with Gasteiger partial charge in [-0.05, 0) is 36.4 Å². The van der Waals surface area contributed by atoms with Crippen molar-refractivity contribution in [1.82, 2.24) is 20.4 Å². The summed E-state index contributed by atoms with van der Waals surface area (Å²) < 4.78 is 5.06. The van der Waals surface area contributed by atoms with Crippen molar-refractivity contribution in [3.63, 3.8) is 0 Å². The van der Waals surface area contributed by atoms with E-state index in [2.05, 4.69) is 31.1 Å². The fourth-order valence-electron chi connectivity index (χ4n) is 2.10. The number of nitrogens with zero attached hydrogens (tertiary/aromatic N) is 3. The minimum absolute atomic E-state index is 0.263. The first-order chi connectivity index (χ1) is 12.7. The second-order valence-corrected chi connectivity index (χ2v) is 5.15. The van der Waals surface area contributed by atoms with Crippen LogP contribution in [0.25, 0.3) is 0 Å². The van der Waals surface area contributed by atoms with Crippen molar-refractivity contribution >= 4 is 28.9 Å². The zero-order valence-electron chi connectivity index (χ0n) is 13.9. The van der Waals surface area contributed by atoms with E-state index in [4.69, 9.17) is 10.5 Å². The number of pyridine rings is 1. The molecule has 0 atom stereocenters. The predicted molar refractivity (Wildman–Crippen MR) is 98.0 cm³/mol. The van der Waals surface area contributed by atoms with Gasteiger partial charge in [0.1, 0.15) is 17.8 Å². The molecule has 26 heavy (non-hydrogen) atoms. The van der Waals surface area contributed by atoms with E-state index in [-0.39, 0.29) is 17.4 Å². The molecule has 0 aliphatic carbocycles. The van der Waals surface area contributed by atoms with Gasteiger partial charge in [-0.2, -0.15) is 0 Å². The topological polar surface area (TPSA) is 127 Å². The van der Waals surface area contributed by atoms with E-state index in [1.54, 1.807) is 55.9 Å². The van der Waals surface area contributed by atoms with Crippen LogP contribution in [-0.2, 0) is 0 Å². The van der Waals surface area contributed by atoms with Crippen molar-refractivity contribution in [3.8, 4) is 5.75 Å². The average molecular weight is 351 g/mol. The van der Waals surface area contributed by atoms with Gasteiger partial charge in [-0.1, -0.05) is 0 Å². The molecule has 2 aromatic heterocycles. The number of hydrogen-bond donors (Lipinski definition) is 4. The van der Waals surface area contributed by atoms with Gasteiger partial charge in [0.2, 0.25) is 0 Å². The van der Waals surface area contributed by atoms with Crippen LogP contribution in [-0.4, -0.2) is 28.0 Å². The molecule has 0 aliphatic rings. The Balaban J connectivity index is 1.67. The van der Waals surface area contributed by atoms with Crippen LogP contribution in [0.4, 0.5) is 23.0 Å². The van der Waals surface area contributed by atoms with Crippen LogP contribution in [0.5, 0.6) is 5.75 Å². The number of anilines is 4. The monoisotopic (exact) mass is 351 g/mol. The first-order valence-corrected chi connectivity index (χ1v) is 7.65. The number of benzene rings is 1. The van der Waals surface area contributed by atoms with E-state index >= 15 is 0 Å². The summed E-state index contributed by atoms with van der Waals surface area (Å²) in [5, 5.41) is 3.06. The lowest BCUT2D eigenvalue weighted by molar-refractivity contribution is 0.0962. The highest BCUT2D eigenvalue weighted by Gasteiger charge is 2.10. The summed E-state index contributed by atoms with van der Waals surface area (Å²) in [7, 11) is 1.56. The van der Waals surface area contributed by atoms with Gasteiger partial charge in [0.05, 0.1) is 7.11 Å². The Hall–Kier alpha value is -3.88. The van der Waals surface area contributed by atoms with Gasteiger partial charge in [-0.25, -0.2) is 9.97 Å². The van der Waals surface area contributed by atoms with Gasteiger partial charge < -0.3 is 15.8 Å². The minimum atomic E-state index is -0.339. The molecule has 1 amide bonds. The number of nitrogens with two attached hydrogens (primary N) is 1. The second kappa shape index (κ2) is 7.79. The summed E-state index contributed by atoms with van der Waals surface area (Å²) in [5.74, 6) is 1.02. The highest BCUT2D eigenvalue weighted by atomic mass is 16.5. The summed E-state index contributed by atoms with van der Waals surface area (Å²) in [5.41, 5.74) is 12.8. The number of hydrazine groups is 1. The third kappa shape index (κ3) is 3.96. The predicted octanol–water partition coefficient (Wildman–Crippen LogP) is 1.96. The summed E-state index contributed by atoms with van der Waals surface area (Å²) >= 11 is 0. The number of carbonyl (C=O) groups excluding carboxylic acids is 1. The molecular weight excluding hydrogens is 334 g/mol. The molecule has 2 heterocycles. The fourth-order valence-corrected chi connectivity index (χ4v) is 2.10. The summed E-state index contributed by atoms with van der Waals surface area (Å²) in [6.07, 6.45) is 4.63. The lowest BCUT2D eigenvalue weighted by Crippen LogP contribution is -2.30. The van der Waals surface area contributed by atoms with Gasteiger partial charge >= 0.3 is 0 Å². The quantitative estimate of drug-likeness (QED) is 0.496. The first kappa shape index (κ1) is 17.0. The molecule has 132 valence electrons. The molecule has 3 aromatic rings. The number of nitrogen functional groups attached to an aromatic ring is 1. The molecular formula is C17H17N7O2. The van der Waals surface area contributed by atoms with Crippen molar-refractivity contribution in [2.75, 3.05) is 23.6 Å². The zero-order valence-corrected chi connectivity index (χ0v) is 13.9. The fraction of sp³-hybridized carbons (Fsp3) is 0.0588. The Labute approximate surface area is 149 Å². The average Bonchev–Trinajstić information content (AvgIpc) is 2.69. The highest BCUT2D eigenvalue weighted by Crippen LogP contribution is 2.24. The van der Waals surface area contributed by atoms with Crippen LogP contribution < -0.4 is 26.6 Å². The number of aromatic nitrogens is 3. The normalized spacial score (nSPS) is 10.0. The number of carbonyl (C=O) groups is 1. The van der Waals surface area contributed by atoms with Crippen LogP contribution in [0, 0.1) is 0 Å². The van der Waals surface area contributed by atoms with Crippen molar-refractivity contribution < 1.29 is 9.53 Å². The van der Waals surface area contributed by atoms with Crippen LogP contribution in [0.1, 0.15) is 10.4 Å². The summed E-state index contributed by atoms with van der Waals surface area (Å²) in [6.45, 7) is 0. The van der Waals surface area contributed by atoms with E-state index in [0.29, 0.717) is 17.1 Å². The molecule has 9 heteroatoms. The van der Waals surface area contributed by atoms with Crippen molar-refractivity contribution in [3.05, 3.63) is 60.7 Å². The number of rotatable bonds is 6. The number of methoxy groups -OCH3 is 1. The number of nitrogens with one attached hydrogen (secondary N) is 3. The second-order valence-electron chi connectivity index (χ2n) is 5.15. The molecule has 5 N–H and O–H groups in total. The van der Waals surface area contributed by atoms with Crippen LogP contribution in [0.3, 0.4) is 0 Å². The SMILES string of the molecule is COc1ccc(C(=O)NNc2ncnc(Nc3ccncc3)c2N)cc1. The van der Waals surface area contributed by atoms with Crippen molar-refractivity contribution in [2.24, 2.45) is 0 Å². The third-order valence-corrected chi connectivity index (χ3v) is 3.47. The van der Waals surface area contributed by atoms with Crippen LogP contribution in [0.2, 0.25) is 0 Å². The van der Waals surface area contributed by atoms with Crippen LogP contribution >= 0.6 is 0 Å². The molecule has 0 saturated carbocycles. The van der Waals surface area contributed by atoms with Gasteiger partial charge in [0, 0.05) is 23.6 Å². The van der Waals surface area contributed by atoms with Crippen LogP contribution in [0.15, 0.2) is 55.1 Å². The molecule has 3 rings (SSSR count). The molecule has 1 aromatic carbocycles. The van der Waals surface area contributed by atoms with Gasteiger partial charge in [0.25, 0.3) is 5.91 Å². The molecule has 9 nitrogen and oxygen atoms in total.